The Kier molecular flexibility index (Phi) is 6.21. The number of hydrogen-bond donors (Lipinski definition) is 0. The first-order valence-electron chi connectivity index (χ1n) is 11.7. The lowest BCUT2D eigenvalue weighted by Crippen LogP contribution is -2.27. The summed E-state index contributed by atoms with van der Waals surface area (Å²) in [7, 11) is 0. The molecule has 0 aliphatic heterocycles. The van der Waals surface area contributed by atoms with Gasteiger partial charge in [0.05, 0.1) is 22.9 Å². The van der Waals surface area contributed by atoms with Gasteiger partial charge in [-0.2, -0.15) is 5.10 Å². The van der Waals surface area contributed by atoms with Crippen LogP contribution >= 0.6 is 0 Å². The largest absolute Gasteiger partial charge is 0.459 e. The summed E-state index contributed by atoms with van der Waals surface area (Å²) in [5.74, 6) is -0.341. The van der Waals surface area contributed by atoms with E-state index < -0.39 is 5.60 Å². The van der Waals surface area contributed by atoms with E-state index in [1.54, 1.807) is 20.0 Å². The minimum atomic E-state index is -0.572. The maximum absolute atomic E-state index is 12.8. The molecule has 4 rings (SSSR count). The second-order valence-electron chi connectivity index (χ2n) is 9.50. The predicted molar refractivity (Wildman–Crippen MR) is 135 cm³/mol. The van der Waals surface area contributed by atoms with Crippen molar-refractivity contribution in [3.05, 3.63) is 64.7 Å². The van der Waals surface area contributed by atoms with E-state index in [9.17, 15) is 9.59 Å². The SMILES string of the molecule is CCn1c(=O)n(CC)c2cc(-c3cnn(CC(=O)OC(C)(C)C)c3-c3cccc(C)c3)ccc21. The van der Waals surface area contributed by atoms with Crippen LogP contribution in [0.25, 0.3) is 33.4 Å². The topological polar surface area (TPSA) is 71.0 Å². The Balaban J connectivity index is 1.88. The van der Waals surface area contributed by atoms with E-state index >= 15 is 0 Å². The third-order valence-electron chi connectivity index (χ3n) is 5.79. The monoisotopic (exact) mass is 460 g/mol. The summed E-state index contributed by atoms with van der Waals surface area (Å²) in [6.07, 6.45) is 1.79. The van der Waals surface area contributed by atoms with Crippen LogP contribution in [0, 0.1) is 6.92 Å². The smallest absolute Gasteiger partial charge is 0.329 e. The van der Waals surface area contributed by atoms with Gasteiger partial charge in [-0.05, 0) is 65.3 Å². The van der Waals surface area contributed by atoms with Crippen molar-refractivity contribution in [3.8, 4) is 22.4 Å². The number of nitrogens with zero attached hydrogens (tertiary/aromatic N) is 4. The van der Waals surface area contributed by atoms with Crippen molar-refractivity contribution in [1.82, 2.24) is 18.9 Å². The Hall–Kier alpha value is -3.61. The van der Waals surface area contributed by atoms with Gasteiger partial charge in [-0.1, -0.05) is 29.8 Å². The molecule has 0 amide bonds. The Morgan fingerprint density at radius 2 is 1.68 bits per heavy atom. The highest BCUT2D eigenvalue weighted by atomic mass is 16.6. The number of rotatable bonds is 6. The second kappa shape index (κ2) is 8.97. The summed E-state index contributed by atoms with van der Waals surface area (Å²) >= 11 is 0. The van der Waals surface area contributed by atoms with E-state index in [1.807, 2.05) is 77.9 Å². The second-order valence-corrected chi connectivity index (χ2v) is 9.50. The molecule has 0 atom stereocenters. The summed E-state index contributed by atoms with van der Waals surface area (Å²) in [6.45, 7) is 12.8. The minimum Gasteiger partial charge on any atom is -0.459 e. The highest BCUT2D eigenvalue weighted by molar-refractivity contribution is 5.88. The van der Waals surface area contributed by atoms with Gasteiger partial charge in [0.15, 0.2) is 0 Å². The van der Waals surface area contributed by atoms with Crippen molar-refractivity contribution in [2.45, 2.75) is 66.8 Å². The molecule has 0 spiro atoms. The number of hydrogen-bond acceptors (Lipinski definition) is 4. The zero-order valence-corrected chi connectivity index (χ0v) is 20.8. The number of fused-ring (bicyclic) bond motifs is 1. The highest BCUT2D eigenvalue weighted by Crippen LogP contribution is 2.34. The van der Waals surface area contributed by atoms with Gasteiger partial charge in [0, 0.05) is 24.2 Å². The number of aromatic nitrogens is 4. The molecule has 0 saturated carbocycles. The van der Waals surface area contributed by atoms with Gasteiger partial charge in [0.25, 0.3) is 0 Å². The first-order chi connectivity index (χ1) is 16.1. The third-order valence-corrected chi connectivity index (χ3v) is 5.79. The molecule has 0 bridgehead atoms. The number of imidazole rings is 1. The predicted octanol–water partition coefficient (Wildman–Crippen LogP) is 5.02. The molecule has 0 unspecified atom stereocenters. The molecule has 2 aromatic carbocycles. The number of esters is 1. The lowest BCUT2D eigenvalue weighted by atomic mass is 10.00. The van der Waals surface area contributed by atoms with Gasteiger partial charge in [-0.3, -0.25) is 18.6 Å². The van der Waals surface area contributed by atoms with Crippen LogP contribution in [0.1, 0.15) is 40.2 Å². The third kappa shape index (κ3) is 4.42. The first-order valence-corrected chi connectivity index (χ1v) is 11.7. The Bertz CT molecular complexity index is 1420. The highest BCUT2D eigenvalue weighted by Gasteiger charge is 2.22. The Morgan fingerprint density at radius 1 is 0.971 bits per heavy atom. The normalized spacial score (nSPS) is 11.8. The molecule has 0 saturated heterocycles. The van der Waals surface area contributed by atoms with Gasteiger partial charge >= 0.3 is 11.7 Å². The summed E-state index contributed by atoms with van der Waals surface area (Å²) < 4.78 is 10.8. The fourth-order valence-corrected chi connectivity index (χ4v) is 4.41. The van der Waals surface area contributed by atoms with Crippen LogP contribution in [0.4, 0.5) is 0 Å². The summed E-state index contributed by atoms with van der Waals surface area (Å²) in [5, 5.41) is 4.57. The van der Waals surface area contributed by atoms with Crippen LogP contribution in [0.15, 0.2) is 53.5 Å². The van der Waals surface area contributed by atoms with Gasteiger partial charge in [-0.25, -0.2) is 4.79 Å². The van der Waals surface area contributed by atoms with Crippen LogP contribution in [-0.2, 0) is 29.2 Å². The molecular formula is C27H32N4O3. The average Bonchev–Trinajstić information content (AvgIpc) is 3.29. The molecule has 7 nitrogen and oxygen atoms in total. The lowest BCUT2D eigenvalue weighted by Gasteiger charge is -2.20. The van der Waals surface area contributed by atoms with Crippen molar-refractivity contribution < 1.29 is 9.53 Å². The van der Waals surface area contributed by atoms with Crippen molar-refractivity contribution in [3.63, 3.8) is 0 Å². The zero-order chi connectivity index (χ0) is 24.6. The fourth-order valence-electron chi connectivity index (χ4n) is 4.41. The van der Waals surface area contributed by atoms with Crippen LogP contribution in [0.2, 0.25) is 0 Å². The number of benzene rings is 2. The van der Waals surface area contributed by atoms with E-state index in [4.69, 9.17) is 4.74 Å². The van der Waals surface area contributed by atoms with Crippen LogP contribution in [-0.4, -0.2) is 30.5 Å². The molecule has 0 N–H and O–H groups in total. The quantitative estimate of drug-likeness (QED) is 0.379. The van der Waals surface area contributed by atoms with E-state index in [1.165, 1.54) is 0 Å². The summed E-state index contributed by atoms with van der Waals surface area (Å²) in [4.78, 5) is 25.5. The van der Waals surface area contributed by atoms with Crippen LogP contribution < -0.4 is 5.69 Å². The zero-order valence-electron chi connectivity index (χ0n) is 20.8. The first kappa shape index (κ1) is 23.5. The molecule has 0 radical (unpaired) electrons. The molecule has 2 aromatic heterocycles. The van der Waals surface area contributed by atoms with E-state index in [0.717, 1.165) is 39.0 Å². The van der Waals surface area contributed by atoms with Crippen LogP contribution in [0.5, 0.6) is 0 Å². The molecule has 178 valence electrons. The van der Waals surface area contributed by atoms with Crippen molar-refractivity contribution in [1.29, 1.82) is 0 Å². The molecular weight excluding hydrogens is 428 g/mol. The molecule has 34 heavy (non-hydrogen) atoms. The number of ether oxygens (including phenoxy) is 1. The van der Waals surface area contributed by atoms with E-state index in [2.05, 4.69) is 11.2 Å². The summed E-state index contributed by atoms with van der Waals surface area (Å²) in [5.41, 5.74) is 5.99. The standard InChI is InChI=1S/C27H32N4O3/c1-7-29-22-13-12-19(15-23(22)30(8-2)26(29)33)21-16-28-31(17-24(32)34-27(4,5)6)25(21)20-11-9-10-18(3)14-20/h9-16H,7-8,17H2,1-6H3. The van der Waals surface area contributed by atoms with Crippen LogP contribution in [0.3, 0.4) is 0 Å². The van der Waals surface area contributed by atoms with Crippen molar-refractivity contribution in [2.75, 3.05) is 0 Å². The number of carbonyl (C=O) groups is 1. The molecule has 0 aliphatic carbocycles. The fraction of sp³-hybridized carbons (Fsp3) is 0.370. The van der Waals surface area contributed by atoms with E-state index in [0.29, 0.717) is 13.1 Å². The molecule has 0 aliphatic rings. The average molecular weight is 461 g/mol. The maximum atomic E-state index is 12.8. The molecule has 7 heteroatoms. The van der Waals surface area contributed by atoms with Gasteiger partial charge in [0.2, 0.25) is 0 Å². The Morgan fingerprint density at radius 3 is 2.32 bits per heavy atom. The van der Waals surface area contributed by atoms with Crippen molar-refractivity contribution >= 4 is 17.0 Å². The minimum absolute atomic E-state index is 0.00308. The van der Waals surface area contributed by atoms with Gasteiger partial charge < -0.3 is 4.74 Å². The summed E-state index contributed by atoms with van der Waals surface area (Å²) in [6, 6.07) is 14.2. The van der Waals surface area contributed by atoms with E-state index in [-0.39, 0.29) is 18.2 Å². The van der Waals surface area contributed by atoms with Crippen molar-refractivity contribution in [2.24, 2.45) is 0 Å². The number of aryl methyl sites for hydroxylation is 3. The molecule has 2 heterocycles. The molecule has 4 aromatic rings. The van der Waals surface area contributed by atoms with Gasteiger partial charge in [-0.15, -0.1) is 0 Å². The van der Waals surface area contributed by atoms with Gasteiger partial charge in [0.1, 0.15) is 12.1 Å². The number of carbonyl (C=O) groups excluding carboxylic acids is 1. The Labute approximate surface area is 199 Å². The lowest BCUT2D eigenvalue weighted by molar-refractivity contribution is -0.155. The molecule has 0 fully saturated rings. The maximum Gasteiger partial charge on any atom is 0.329 e.